The molecular weight excluding hydrogens is 536 g/mol. The minimum atomic E-state index is -4.71. The van der Waals surface area contributed by atoms with Gasteiger partial charge in [-0.15, -0.1) is 0 Å². The predicted molar refractivity (Wildman–Crippen MR) is 131 cm³/mol. The summed E-state index contributed by atoms with van der Waals surface area (Å²) >= 11 is 6.16. The Kier molecular flexibility index (Phi) is 7.87. The lowest BCUT2D eigenvalue weighted by atomic mass is 10.1. The maximum atomic E-state index is 12.1. The van der Waals surface area contributed by atoms with E-state index in [1.54, 1.807) is 0 Å². The Balaban J connectivity index is 1.55. The highest BCUT2D eigenvalue weighted by Crippen LogP contribution is 2.55. The molecule has 2 unspecified atom stereocenters. The Morgan fingerprint density at radius 1 is 1.14 bits per heavy atom. The van der Waals surface area contributed by atoms with Gasteiger partial charge in [-0.2, -0.15) is 9.97 Å². The second-order valence-corrected chi connectivity index (χ2v) is 13.6. The molecule has 3 heterocycles. The van der Waals surface area contributed by atoms with Crippen LogP contribution in [0.15, 0.2) is 36.7 Å². The quantitative estimate of drug-likeness (QED) is 0.164. The van der Waals surface area contributed by atoms with Gasteiger partial charge in [-0.1, -0.05) is 30.3 Å². The number of ether oxygens (including phenoxy) is 1. The molecule has 16 heteroatoms. The van der Waals surface area contributed by atoms with Gasteiger partial charge in [0.1, 0.15) is 18.1 Å². The van der Waals surface area contributed by atoms with Gasteiger partial charge >= 0.3 is 7.60 Å². The number of imidazole rings is 1. The first-order chi connectivity index (χ1) is 16.8. The number of hydrogen-bond donors (Lipinski definition) is 6. The van der Waals surface area contributed by atoms with Gasteiger partial charge in [0, 0.05) is 6.16 Å². The molecule has 0 bridgehead atoms. The number of nitrogens with zero attached hydrogens (tertiary/aromatic N) is 4. The van der Waals surface area contributed by atoms with Crippen molar-refractivity contribution in [2.75, 3.05) is 17.4 Å². The zero-order chi connectivity index (χ0) is 26.3. The highest BCUT2D eigenvalue weighted by molar-refractivity contribution is 7.72. The maximum absolute atomic E-state index is 12.1. The molecule has 6 atom stereocenters. The summed E-state index contributed by atoms with van der Waals surface area (Å²) in [4.78, 5) is 40.6. The van der Waals surface area contributed by atoms with E-state index in [4.69, 9.17) is 26.1 Å². The molecule has 0 aliphatic carbocycles. The smallest absolute Gasteiger partial charge is 0.335 e. The van der Waals surface area contributed by atoms with E-state index in [2.05, 4.69) is 20.3 Å². The number of aliphatic hydroxyl groups is 2. The van der Waals surface area contributed by atoms with Gasteiger partial charge in [0.15, 0.2) is 23.2 Å². The van der Waals surface area contributed by atoms with Crippen LogP contribution in [0.2, 0.25) is 5.28 Å². The molecule has 1 fully saturated rings. The molecule has 1 aromatic carbocycles. The fourth-order valence-corrected chi connectivity index (χ4v) is 7.78. The molecule has 6 N–H and O–H groups in total. The first-order valence-electron chi connectivity index (χ1n) is 10.9. The lowest BCUT2D eigenvalue weighted by molar-refractivity contribution is -0.0354. The van der Waals surface area contributed by atoms with Crippen LogP contribution in [0, 0.1) is 0 Å². The van der Waals surface area contributed by atoms with E-state index < -0.39 is 51.6 Å². The van der Waals surface area contributed by atoms with Crippen molar-refractivity contribution in [2.45, 2.75) is 43.9 Å². The normalized spacial score (nSPS) is 25.1. The average molecular weight is 562 g/mol. The Bertz CT molecular complexity index is 1320. The number of aromatic nitrogens is 4. The summed E-state index contributed by atoms with van der Waals surface area (Å²) in [5.74, 6) is -0.823. The number of benzene rings is 1. The van der Waals surface area contributed by atoms with Crippen LogP contribution >= 0.6 is 26.6 Å². The lowest BCUT2D eigenvalue weighted by Crippen LogP contribution is -2.32. The Morgan fingerprint density at radius 3 is 2.50 bits per heavy atom. The number of anilines is 1. The van der Waals surface area contributed by atoms with E-state index in [0.29, 0.717) is 11.3 Å². The summed E-state index contributed by atoms with van der Waals surface area (Å²) in [6, 6.07) is 9.48. The Labute approximate surface area is 210 Å². The van der Waals surface area contributed by atoms with E-state index in [9.17, 15) is 24.2 Å². The standard InChI is InChI=1S/C20H26ClN5O8P2/c1-11(12-5-3-2-4-6-12)23-17-14-18(25-20(21)24-17)26(9-22-14)19-16(28)15(27)13(34-19)7-8-35(29,30)10-36(31,32)33/h2-6,9,11,13,15-16,19,27-28H,7-8,10H2,1H3,(H,29,30)(H,23,24,25)(H2,31,32,33)/t11-,13+,15-,16?,19+/m0/s1. The summed E-state index contributed by atoms with van der Waals surface area (Å²) in [6.07, 6.45) is -4.48. The van der Waals surface area contributed by atoms with E-state index in [1.807, 2.05) is 37.3 Å². The third-order valence-electron chi connectivity index (χ3n) is 5.83. The maximum Gasteiger partial charge on any atom is 0.335 e. The van der Waals surface area contributed by atoms with Gasteiger partial charge in [0.05, 0.1) is 18.5 Å². The molecule has 3 aromatic rings. The highest BCUT2D eigenvalue weighted by Gasteiger charge is 2.45. The van der Waals surface area contributed by atoms with Gasteiger partial charge in [-0.05, 0) is 30.5 Å². The van der Waals surface area contributed by atoms with Crippen LogP contribution in [0.3, 0.4) is 0 Å². The average Bonchev–Trinajstić information content (AvgIpc) is 3.32. The summed E-state index contributed by atoms with van der Waals surface area (Å²) in [5.41, 5.74) is 1.57. The molecule has 196 valence electrons. The molecule has 0 radical (unpaired) electrons. The van der Waals surface area contributed by atoms with Crippen molar-refractivity contribution in [3.8, 4) is 0 Å². The van der Waals surface area contributed by atoms with E-state index >= 15 is 0 Å². The Morgan fingerprint density at radius 2 is 1.83 bits per heavy atom. The minimum absolute atomic E-state index is 0.0877. The van der Waals surface area contributed by atoms with Crippen LogP contribution in [0.4, 0.5) is 5.82 Å². The van der Waals surface area contributed by atoms with Crippen LogP contribution in [0.25, 0.3) is 11.2 Å². The van der Waals surface area contributed by atoms with E-state index in [0.717, 1.165) is 5.56 Å². The van der Waals surface area contributed by atoms with Crippen LogP contribution < -0.4 is 5.32 Å². The summed E-state index contributed by atoms with van der Waals surface area (Å²) in [6.45, 7) is 1.94. The number of nitrogens with one attached hydrogen (secondary N) is 1. The molecule has 1 aliphatic rings. The molecule has 0 saturated carbocycles. The zero-order valence-corrected chi connectivity index (χ0v) is 21.5. The van der Waals surface area contributed by atoms with Crippen molar-refractivity contribution in [1.82, 2.24) is 19.5 Å². The number of hydrogen-bond acceptors (Lipinski definition) is 9. The SMILES string of the molecule is C[C@H](Nc1nc(Cl)nc2c1ncn2[C@@H]1O[C@H](CCP(=O)(O)CP(=O)(O)O)[C@H](O)C1O)c1ccccc1. The van der Waals surface area contributed by atoms with Crippen molar-refractivity contribution in [3.05, 3.63) is 47.5 Å². The zero-order valence-electron chi connectivity index (χ0n) is 19.0. The van der Waals surface area contributed by atoms with Gasteiger partial charge in [-0.25, -0.2) is 4.98 Å². The van der Waals surface area contributed by atoms with Crippen molar-refractivity contribution >= 4 is 43.5 Å². The first kappa shape index (κ1) is 27.1. The van der Waals surface area contributed by atoms with Gasteiger partial charge in [0.2, 0.25) is 12.7 Å². The third-order valence-corrected chi connectivity index (χ3v) is 10.2. The van der Waals surface area contributed by atoms with Crippen molar-refractivity contribution in [3.63, 3.8) is 0 Å². The van der Waals surface area contributed by atoms with Crippen LogP contribution in [0.5, 0.6) is 0 Å². The van der Waals surface area contributed by atoms with E-state index in [-0.39, 0.29) is 23.4 Å². The van der Waals surface area contributed by atoms with Gasteiger partial charge in [-0.3, -0.25) is 13.7 Å². The number of fused-ring (bicyclic) bond motifs is 1. The van der Waals surface area contributed by atoms with Crippen molar-refractivity contribution < 1.29 is 38.8 Å². The molecule has 1 aliphatic heterocycles. The first-order valence-corrected chi connectivity index (χ1v) is 15.1. The van der Waals surface area contributed by atoms with Crippen LogP contribution in [-0.2, 0) is 13.9 Å². The molecule has 36 heavy (non-hydrogen) atoms. The van der Waals surface area contributed by atoms with Gasteiger partial charge in [0.25, 0.3) is 0 Å². The third kappa shape index (κ3) is 6.13. The summed E-state index contributed by atoms with van der Waals surface area (Å²) in [5, 5.41) is 24.3. The molecular formula is C20H26ClN5O8P2. The van der Waals surface area contributed by atoms with Crippen molar-refractivity contribution in [1.29, 1.82) is 0 Å². The minimum Gasteiger partial charge on any atom is -0.388 e. The molecule has 4 rings (SSSR count). The number of rotatable bonds is 9. The second kappa shape index (κ2) is 10.4. The molecule has 13 nitrogen and oxygen atoms in total. The lowest BCUT2D eigenvalue weighted by Gasteiger charge is -2.18. The fourth-order valence-electron chi connectivity index (χ4n) is 4.09. The number of halogens is 1. The van der Waals surface area contributed by atoms with Crippen LogP contribution in [0.1, 0.15) is 31.2 Å². The molecule has 0 amide bonds. The Hall–Kier alpha value is -1.92. The molecule has 1 saturated heterocycles. The second-order valence-electron chi connectivity index (χ2n) is 8.65. The largest absolute Gasteiger partial charge is 0.388 e. The monoisotopic (exact) mass is 561 g/mol. The number of aliphatic hydroxyl groups excluding tert-OH is 2. The van der Waals surface area contributed by atoms with Crippen molar-refractivity contribution in [2.24, 2.45) is 0 Å². The van der Waals surface area contributed by atoms with Crippen LogP contribution in [-0.4, -0.2) is 74.8 Å². The summed E-state index contributed by atoms with van der Waals surface area (Å²) in [7, 11) is -8.89. The molecule has 0 spiro atoms. The van der Waals surface area contributed by atoms with Gasteiger partial charge < -0.3 is 34.9 Å². The van der Waals surface area contributed by atoms with E-state index in [1.165, 1.54) is 10.9 Å². The predicted octanol–water partition coefficient (Wildman–Crippen LogP) is 2.07. The highest BCUT2D eigenvalue weighted by atomic mass is 35.5. The summed E-state index contributed by atoms with van der Waals surface area (Å²) < 4.78 is 30.4. The fraction of sp³-hybridized carbons (Fsp3) is 0.450. The molecule has 2 aromatic heterocycles. The topological polar surface area (TPSA) is 200 Å².